The Hall–Kier alpha value is -2.29. The monoisotopic (exact) mass is 282 g/mol. The second-order valence-electron chi connectivity index (χ2n) is 5.39. The predicted octanol–water partition coefficient (Wildman–Crippen LogP) is 3.62. The summed E-state index contributed by atoms with van der Waals surface area (Å²) in [6.07, 6.45) is 0. The van der Waals surface area contributed by atoms with E-state index in [9.17, 15) is 4.79 Å². The van der Waals surface area contributed by atoms with Crippen molar-refractivity contribution in [3.8, 4) is 0 Å². The molecule has 0 unspecified atom stereocenters. The molecule has 0 atom stereocenters. The van der Waals surface area contributed by atoms with Crippen LogP contribution in [0, 0.1) is 13.8 Å². The van der Waals surface area contributed by atoms with Gasteiger partial charge < -0.3 is 10.2 Å². The maximum atomic E-state index is 12.7. The number of carbonyl (C=O) groups is 1. The van der Waals surface area contributed by atoms with Gasteiger partial charge in [-0.15, -0.1) is 0 Å². The lowest BCUT2D eigenvalue weighted by molar-refractivity contribution is 0.0786. The van der Waals surface area contributed by atoms with E-state index in [1.165, 1.54) is 11.1 Å². The lowest BCUT2D eigenvalue weighted by atomic mass is 10.1. The van der Waals surface area contributed by atoms with E-state index in [-0.39, 0.29) is 5.91 Å². The quantitative estimate of drug-likeness (QED) is 0.929. The second-order valence-corrected chi connectivity index (χ2v) is 5.39. The fraction of sp³-hybridized carbons (Fsp3) is 0.278. The molecule has 0 aliphatic carbocycles. The van der Waals surface area contributed by atoms with E-state index < -0.39 is 0 Å². The third-order valence-electron chi connectivity index (χ3n) is 3.69. The summed E-state index contributed by atoms with van der Waals surface area (Å²) in [6, 6.07) is 14.0. The van der Waals surface area contributed by atoms with E-state index >= 15 is 0 Å². The van der Waals surface area contributed by atoms with Gasteiger partial charge in [0, 0.05) is 26.3 Å². The molecule has 0 heterocycles. The largest absolute Gasteiger partial charge is 0.387 e. The van der Waals surface area contributed by atoms with E-state index in [2.05, 4.69) is 24.4 Å². The summed E-state index contributed by atoms with van der Waals surface area (Å²) in [7, 11) is 3.68. The standard InChI is InChI=1S/C18H22N2O/c1-13-9-10-17(19-3)16(11-13)18(21)20(4)12-15-8-6-5-7-14(15)2/h5-11,19H,12H2,1-4H3. The van der Waals surface area contributed by atoms with Crippen molar-refractivity contribution in [3.05, 3.63) is 64.7 Å². The van der Waals surface area contributed by atoms with Crippen molar-refractivity contribution < 1.29 is 4.79 Å². The number of anilines is 1. The van der Waals surface area contributed by atoms with Crippen LogP contribution in [-0.4, -0.2) is 24.9 Å². The molecule has 3 nitrogen and oxygen atoms in total. The first-order valence-electron chi connectivity index (χ1n) is 7.11. The van der Waals surface area contributed by atoms with Gasteiger partial charge in [-0.05, 0) is 37.1 Å². The van der Waals surface area contributed by atoms with Crippen LogP contribution in [-0.2, 0) is 6.54 Å². The molecule has 1 N–H and O–H groups in total. The lowest BCUT2D eigenvalue weighted by Crippen LogP contribution is -2.27. The minimum Gasteiger partial charge on any atom is -0.387 e. The highest BCUT2D eigenvalue weighted by Gasteiger charge is 2.16. The molecule has 0 radical (unpaired) electrons. The molecule has 2 rings (SSSR count). The molecule has 0 spiro atoms. The molecule has 1 amide bonds. The molecule has 2 aromatic carbocycles. The molecule has 0 saturated heterocycles. The van der Waals surface area contributed by atoms with Gasteiger partial charge in [0.25, 0.3) is 5.91 Å². The normalized spacial score (nSPS) is 10.3. The van der Waals surface area contributed by atoms with Crippen molar-refractivity contribution in [1.29, 1.82) is 0 Å². The molecule has 0 aromatic heterocycles. The highest BCUT2D eigenvalue weighted by atomic mass is 16.2. The van der Waals surface area contributed by atoms with Crippen molar-refractivity contribution in [3.63, 3.8) is 0 Å². The zero-order valence-corrected chi connectivity index (χ0v) is 13.1. The van der Waals surface area contributed by atoms with Crippen molar-refractivity contribution in [1.82, 2.24) is 4.90 Å². The van der Waals surface area contributed by atoms with Crippen LogP contribution in [0.2, 0.25) is 0 Å². The molecule has 0 aliphatic rings. The van der Waals surface area contributed by atoms with Gasteiger partial charge in [-0.1, -0.05) is 35.9 Å². The van der Waals surface area contributed by atoms with Gasteiger partial charge >= 0.3 is 0 Å². The number of benzene rings is 2. The Morgan fingerprint density at radius 1 is 1.14 bits per heavy atom. The summed E-state index contributed by atoms with van der Waals surface area (Å²) >= 11 is 0. The molecule has 0 bridgehead atoms. The Balaban J connectivity index is 2.24. The average molecular weight is 282 g/mol. The molecule has 0 aliphatic heterocycles. The maximum Gasteiger partial charge on any atom is 0.256 e. The summed E-state index contributed by atoms with van der Waals surface area (Å²) in [5, 5.41) is 3.09. The van der Waals surface area contributed by atoms with Crippen LogP contribution >= 0.6 is 0 Å². The highest BCUT2D eigenvalue weighted by Crippen LogP contribution is 2.20. The van der Waals surface area contributed by atoms with Crippen molar-refractivity contribution in [2.75, 3.05) is 19.4 Å². The number of amides is 1. The van der Waals surface area contributed by atoms with Crippen LogP contribution in [0.5, 0.6) is 0 Å². The second kappa shape index (κ2) is 6.44. The molecule has 3 heteroatoms. The number of hydrogen-bond acceptors (Lipinski definition) is 2. The van der Waals surface area contributed by atoms with Crippen molar-refractivity contribution in [2.45, 2.75) is 20.4 Å². The minimum absolute atomic E-state index is 0.0336. The topological polar surface area (TPSA) is 32.3 Å². The Kier molecular flexibility index (Phi) is 4.63. The van der Waals surface area contributed by atoms with Gasteiger partial charge in [-0.2, -0.15) is 0 Å². The highest BCUT2D eigenvalue weighted by molar-refractivity contribution is 5.99. The zero-order valence-electron chi connectivity index (χ0n) is 13.1. The molecular formula is C18H22N2O. The van der Waals surface area contributed by atoms with Crippen molar-refractivity contribution >= 4 is 11.6 Å². The lowest BCUT2D eigenvalue weighted by Gasteiger charge is -2.20. The van der Waals surface area contributed by atoms with Gasteiger partial charge in [0.05, 0.1) is 5.56 Å². The summed E-state index contributed by atoms with van der Waals surface area (Å²) in [4.78, 5) is 14.4. The van der Waals surface area contributed by atoms with E-state index in [4.69, 9.17) is 0 Å². The van der Waals surface area contributed by atoms with Crippen LogP contribution in [0.25, 0.3) is 0 Å². The summed E-state index contributed by atoms with van der Waals surface area (Å²) in [5.74, 6) is 0.0336. The van der Waals surface area contributed by atoms with E-state index in [0.29, 0.717) is 12.1 Å². The molecule has 0 fully saturated rings. The molecule has 110 valence electrons. The van der Waals surface area contributed by atoms with Crippen molar-refractivity contribution in [2.24, 2.45) is 0 Å². The summed E-state index contributed by atoms with van der Waals surface area (Å²) < 4.78 is 0. The first-order chi connectivity index (χ1) is 10.0. The Morgan fingerprint density at radius 3 is 2.52 bits per heavy atom. The SMILES string of the molecule is CNc1ccc(C)cc1C(=O)N(C)Cc1ccccc1C. The molecular weight excluding hydrogens is 260 g/mol. The maximum absolute atomic E-state index is 12.7. The van der Waals surface area contributed by atoms with Gasteiger partial charge in [-0.25, -0.2) is 0 Å². The number of hydrogen-bond donors (Lipinski definition) is 1. The fourth-order valence-electron chi connectivity index (χ4n) is 2.37. The molecule has 2 aromatic rings. The number of nitrogens with one attached hydrogen (secondary N) is 1. The third kappa shape index (κ3) is 3.43. The number of nitrogens with zero attached hydrogens (tertiary/aromatic N) is 1. The van der Waals surface area contributed by atoms with Crippen LogP contribution in [0.4, 0.5) is 5.69 Å². The van der Waals surface area contributed by atoms with Crippen LogP contribution < -0.4 is 5.32 Å². The first-order valence-corrected chi connectivity index (χ1v) is 7.11. The molecule has 0 saturated carbocycles. The minimum atomic E-state index is 0.0336. The fourth-order valence-corrected chi connectivity index (χ4v) is 2.37. The number of aryl methyl sites for hydroxylation is 2. The summed E-state index contributed by atoms with van der Waals surface area (Å²) in [5.41, 5.74) is 5.04. The van der Waals surface area contributed by atoms with Gasteiger partial charge in [0.15, 0.2) is 0 Å². The smallest absolute Gasteiger partial charge is 0.256 e. The van der Waals surface area contributed by atoms with Gasteiger partial charge in [0.2, 0.25) is 0 Å². The Bertz CT molecular complexity index is 649. The average Bonchev–Trinajstić information content (AvgIpc) is 2.48. The third-order valence-corrected chi connectivity index (χ3v) is 3.69. The van der Waals surface area contributed by atoms with Crippen LogP contribution in [0.1, 0.15) is 27.0 Å². The first kappa shape index (κ1) is 15.1. The molecule has 21 heavy (non-hydrogen) atoms. The van der Waals surface area contributed by atoms with Crippen LogP contribution in [0.15, 0.2) is 42.5 Å². The Morgan fingerprint density at radius 2 is 1.86 bits per heavy atom. The Labute approximate surface area is 126 Å². The van der Waals surface area contributed by atoms with Crippen LogP contribution in [0.3, 0.4) is 0 Å². The van der Waals surface area contributed by atoms with E-state index in [1.807, 2.05) is 51.4 Å². The number of carbonyl (C=O) groups excluding carboxylic acids is 1. The number of rotatable bonds is 4. The summed E-state index contributed by atoms with van der Waals surface area (Å²) in [6.45, 7) is 4.68. The van der Waals surface area contributed by atoms with Gasteiger partial charge in [0.1, 0.15) is 0 Å². The van der Waals surface area contributed by atoms with Gasteiger partial charge in [-0.3, -0.25) is 4.79 Å². The zero-order chi connectivity index (χ0) is 15.4. The van der Waals surface area contributed by atoms with E-state index in [0.717, 1.165) is 11.3 Å². The van der Waals surface area contributed by atoms with E-state index in [1.54, 1.807) is 4.90 Å². The predicted molar refractivity (Wildman–Crippen MR) is 87.7 cm³/mol.